The van der Waals surface area contributed by atoms with E-state index >= 15 is 0 Å². The molecule has 0 aliphatic carbocycles. The van der Waals surface area contributed by atoms with E-state index in [2.05, 4.69) is 10.6 Å². The summed E-state index contributed by atoms with van der Waals surface area (Å²) in [6, 6.07) is 7.52. The molecule has 1 aromatic carbocycles. The molecule has 1 aliphatic heterocycles. The zero-order chi connectivity index (χ0) is 12.1. The van der Waals surface area contributed by atoms with Crippen molar-refractivity contribution in [2.24, 2.45) is 0 Å². The van der Waals surface area contributed by atoms with Gasteiger partial charge >= 0.3 is 0 Å². The van der Waals surface area contributed by atoms with Crippen molar-refractivity contribution >= 4 is 17.7 Å². The molecule has 3 N–H and O–H groups in total. The minimum Gasteiger partial charge on any atom is -0.392 e. The lowest BCUT2D eigenvalue weighted by Crippen LogP contribution is -2.41. The van der Waals surface area contributed by atoms with Crippen LogP contribution in [0.4, 0.5) is 0 Å². The number of carbonyl (C=O) groups is 1. The van der Waals surface area contributed by atoms with Crippen LogP contribution >= 0.6 is 11.8 Å². The molecule has 1 saturated heterocycles. The number of nitrogens with one attached hydrogen (secondary N) is 2. The second kappa shape index (κ2) is 6.05. The van der Waals surface area contributed by atoms with Crippen molar-refractivity contribution in [3.63, 3.8) is 0 Å². The van der Waals surface area contributed by atoms with Crippen LogP contribution in [0.5, 0.6) is 0 Å². The molecular weight excluding hydrogens is 236 g/mol. The fourth-order valence-electron chi connectivity index (χ4n) is 1.71. The van der Waals surface area contributed by atoms with Crippen molar-refractivity contribution in [3.8, 4) is 0 Å². The summed E-state index contributed by atoms with van der Waals surface area (Å²) in [4.78, 5) is 11.7. The SMILES string of the molecule is O=C(NCc1cccc(CO)c1)C1CSCN1. The quantitative estimate of drug-likeness (QED) is 0.728. The van der Waals surface area contributed by atoms with E-state index < -0.39 is 0 Å². The van der Waals surface area contributed by atoms with E-state index in [1.807, 2.05) is 24.3 Å². The molecule has 5 heteroatoms. The molecule has 17 heavy (non-hydrogen) atoms. The van der Waals surface area contributed by atoms with E-state index in [0.29, 0.717) is 6.54 Å². The van der Waals surface area contributed by atoms with Gasteiger partial charge in [-0.25, -0.2) is 0 Å². The van der Waals surface area contributed by atoms with Crippen LogP contribution < -0.4 is 10.6 Å². The number of hydrogen-bond acceptors (Lipinski definition) is 4. The average Bonchev–Trinajstić information content (AvgIpc) is 2.90. The number of thioether (sulfide) groups is 1. The van der Waals surface area contributed by atoms with Crippen molar-refractivity contribution in [1.29, 1.82) is 0 Å². The zero-order valence-corrected chi connectivity index (χ0v) is 10.3. The third-order valence-electron chi connectivity index (χ3n) is 2.67. The summed E-state index contributed by atoms with van der Waals surface area (Å²) in [6.45, 7) is 0.540. The molecule has 0 bridgehead atoms. The van der Waals surface area contributed by atoms with Crippen molar-refractivity contribution in [2.45, 2.75) is 19.2 Å². The van der Waals surface area contributed by atoms with Crippen LogP contribution in [0.3, 0.4) is 0 Å². The molecular formula is C12H16N2O2S. The van der Waals surface area contributed by atoms with Crippen molar-refractivity contribution < 1.29 is 9.90 Å². The van der Waals surface area contributed by atoms with Crippen LogP contribution in [0.2, 0.25) is 0 Å². The van der Waals surface area contributed by atoms with Gasteiger partial charge < -0.3 is 10.4 Å². The van der Waals surface area contributed by atoms with E-state index in [1.165, 1.54) is 0 Å². The standard InChI is InChI=1S/C12H16N2O2S/c15-6-10-3-1-2-9(4-10)5-13-12(16)11-7-17-8-14-11/h1-4,11,14-15H,5-8H2,(H,13,16). The molecule has 0 aromatic heterocycles. The summed E-state index contributed by atoms with van der Waals surface area (Å²) in [5.74, 6) is 1.73. The molecule has 92 valence electrons. The topological polar surface area (TPSA) is 61.4 Å². The number of amides is 1. The maximum absolute atomic E-state index is 11.7. The summed E-state index contributed by atoms with van der Waals surface area (Å²) in [6.07, 6.45) is 0. The van der Waals surface area contributed by atoms with Gasteiger partial charge in [-0.2, -0.15) is 0 Å². The van der Waals surface area contributed by atoms with Gasteiger partial charge in [0.1, 0.15) is 0 Å². The maximum Gasteiger partial charge on any atom is 0.238 e. The van der Waals surface area contributed by atoms with Crippen LogP contribution in [0.15, 0.2) is 24.3 Å². The summed E-state index contributed by atoms with van der Waals surface area (Å²) in [7, 11) is 0. The van der Waals surface area contributed by atoms with E-state index in [-0.39, 0.29) is 18.6 Å². The van der Waals surface area contributed by atoms with E-state index in [0.717, 1.165) is 22.8 Å². The highest BCUT2D eigenvalue weighted by Gasteiger charge is 2.21. The Morgan fingerprint density at radius 3 is 3.06 bits per heavy atom. The zero-order valence-electron chi connectivity index (χ0n) is 9.48. The predicted molar refractivity (Wildman–Crippen MR) is 68.5 cm³/mol. The smallest absolute Gasteiger partial charge is 0.238 e. The summed E-state index contributed by atoms with van der Waals surface area (Å²) in [5, 5.41) is 15.0. The van der Waals surface area contributed by atoms with Gasteiger partial charge in [-0.1, -0.05) is 24.3 Å². The Bertz CT molecular complexity index is 392. The van der Waals surface area contributed by atoms with E-state index in [4.69, 9.17) is 5.11 Å². The number of rotatable bonds is 4. The van der Waals surface area contributed by atoms with Crippen LogP contribution in [-0.4, -0.2) is 28.7 Å². The molecule has 2 rings (SSSR count). The van der Waals surface area contributed by atoms with Gasteiger partial charge in [0.25, 0.3) is 0 Å². The molecule has 1 fully saturated rings. The van der Waals surface area contributed by atoms with Gasteiger partial charge in [0.15, 0.2) is 0 Å². The second-order valence-corrected chi connectivity index (χ2v) is 5.00. The number of aliphatic hydroxyl groups is 1. The minimum absolute atomic E-state index is 0.0304. The predicted octanol–water partition coefficient (Wildman–Crippen LogP) is 0.458. The molecule has 0 radical (unpaired) electrons. The second-order valence-electron chi connectivity index (χ2n) is 3.97. The summed E-state index contributed by atoms with van der Waals surface area (Å²) in [5.41, 5.74) is 1.88. The largest absolute Gasteiger partial charge is 0.392 e. The Balaban J connectivity index is 1.86. The molecule has 1 amide bonds. The summed E-state index contributed by atoms with van der Waals surface area (Å²) >= 11 is 1.73. The third kappa shape index (κ3) is 3.46. The molecule has 1 atom stereocenters. The third-order valence-corrected chi connectivity index (χ3v) is 3.61. The lowest BCUT2D eigenvalue weighted by molar-refractivity contribution is -0.122. The molecule has 1 aromatic rings. The van der Waals surface area contributed by atoms with Crippen LogP contribution in [-0.2, 0) is 17.9 Å². The highest BCUT2D eigenvalue weighted by atomic mass is 32.2. The fourth-order valence-corrected chi connectivity index (χ4v) is 2.66. The number of aliphatic hydroxyl groups excluding tert-OH is 1. The van der Waals surface area contributed by atoms with Gasteiger partial charge in [-0.3, -0.25) is 10.1 Å². The van der Waals surface area contributed by atoms with Gasteiger partial charge in [0.05, 0.1) is 12.6 Å². The van der Waals surface area contributed by atoms with Crippen molar-refractivity contribution in [3.05, 3.63) is 35.4 Å². The Morgan fingerprint density at radius 1 is 1.53 bits per heavy atom. The minimum atomic E-state index is -0.0685. The Kier molecular flexibility index (Phi) is 4.42. The van der Waals surface area contributed by atoms with Crippen LogP contribution in [0.1, 0.15) is 11.1 Å². The normalized spacial score (nSPS) is 19.2. The van der Waals surface area contributed by atoms with Crippen LogP contribution in [0.25, 0.3) is 0 Å². The average molecular weight is 252 g/mol. The maximum atomic E-state index is 11.7. The first kappa shape index (κ1) is 12.4. The van der Waals surface area contributed by atoms with Gasteiger partial charge in [-0.05, 0) is 11.1 Å². The fraction of sp³-hybridized carbons (Fsp3) is 0.417. The lowest BCUT2D eigenvalue weighted by atomic mass is 10.1. The van der Waals surface area contributed by atoms with E-state index in [1.54, 1.807) is 11.8 Å². The highest BCUT2D eigenvalue weighted by Crippen LogP contribution is 2.10. The highest BCUT2D eigenvalue weighted by molar-refractivity contribution is 7.99. The molecule has 1 heterocycles. The van der Waals surface area contributed by atoms with Gasteiger partial charge in [0, 0.05) is 18.2 Å². The first-order valence-corrected chi connectivity index (χ1v) is 6.72. The molecule has 1 aliphatic rings. The lowest BCUT2D eigenvalue weighted by Gasteiger charge is -2.10. The number of hydrogen-bond donors (Lipinski definition) is 3. The monoisotopic (exact) mass is 252 g/mol. The molecule has 0 spiro atoms. The summed E-state index contributed by atoms with van der Waals surface area (Å²) < 4.78 is 0. The van der Waals surface area contributed by atoms with E-state index in [9.17, 15) is 4.79 Å². The van der Waals surface area contributed by atoms with Gasteiger partial charge in [-0.15, -0.1) is 11.8 Å². The van der Waals surface area contributed by atoms with Crippen molar-refractivity contribution in [1.82, 2.24) is 10.6 Å². The molecule has 4 nitrogen and oxygen atoms in total. The molecule has 1 unspecified atom stereocenters. The van der Waals surface area contributed by atoms with Gasteiger partial charge in [0.2, 0.25) is 5.91 Å². The van der Waals surface area contributed by atoms with Crippen LogP contribution in [0, 0.1) is 0 Å². The Labute approximate surface area is 105 Å². The molecule has 0 saturated carbocycles. The Hall–Kier alpha value is -1.04. The first-order valence-electron chi connectivity index (χ1n) is 5.57. The number of carbonyl (C=O) groups excluding carboxylic acids is 1. The first-order chi connectivity index (χ1) is 8.29. The Morgan fingerprint density at radius 2 is 2.35 bits per heavy atom. The number of benzene rings is 1. The van der Waals surface area contributed by atoms with Crippen molar-refractivity contribution in [2.75, 3.05) is 11.6 Å².